The van der Waals surface area contributed by atoms with Crippen molar-refractivity contribution in [1.82, 2.24) is 4.90 Å². The normalized spacial score (nSPS) is 19.3. The van der Waals surface area contributed by atoms with E-state index in [2.05, 4.69) is 25.7 Å². The Balaban J connectivity index is 2.12. The molecule has 0 amide bonds. The Morgan fingerprint density at radius 2 is 2.00 bits per heavy atom. The van der Waals surface area contributed by atoms with Gasteiger partial charge in [0.25, 0.3) is 0 Å². The molecule has 2 heteroatoms. The van der Waals surface area contributed by atoms with Crippen molar-refractivity contribution in [2.75, 3.05) is 19.6 Å². The molecule has 0 aromatic carbocycles. The molecule has 1 unspecified atom stereocenters. The highest BCUT2D eigenvalue weighted by atomic mass is 15.1. The van der Waals surface area contributed by atoms with Gasteiger partial charge in [-0.25, -0.2) is 0 Å². The molecule has 2 N–H and O–H groups in total. The molecule has 84 valence electrons. The lowest BCUT2D eigenvalue weighted by Gasteiger charge is -2.23. The third-order valence-electron chi connectivity index (χ3n) is 3.30. The van der Waals surface area contributed by atoms with Crippen molar-refractivity contribution in [3.05, 3.63) is 0 Å². The minimum Gasteiger partial charge on any atom is -0.327 e. The predicted octanol–water partition coefficient (Wildman–Crippen LogP) is 2.09. The highest BCUT2D eigenvalue weighted by molar-refractivity contribution is 4.77. The Hall–Kier alpha value is -0.0800. The van der Waals surface area contributed by atoms with Gasteiger partial charge in [0.2, 0.25) is 0 Å². The van der Waals surface area contributed by atoms with Gasteiger partial charge in [0, 0.05) is 12.6 Å². The van der Waals surface area contributed by atoms with E-state index < -0.39 is 0 Å². The van der Waals surface area contributed by atoms with E-state index in [1.165, 1.54) is 32.5 Å². The van der Waals surface area contributed by atoms with Gasteiger partial charge in [-0.1, -0.05) is 20.8 Å². The average Bonchev–Trinajstić information content (AvgIpc) is 2.95. The molecule has 0 heterocycles. The number of rotatable bonds is 7. The molecule has 0 spiro atoms. The first-order valence-corrected chi connectivity index (χ1v) is 6.11. The van der Waals surface area contributed by atoms with Crippen molar-refractivity contribution < 1.29 is 0 Å². The molecule has 1 atom stereocenters. The molecular weight excluding hydrogens is 172 g/mol. The summed E-state index contributed by atoms with van der Waals surface area (Å²) in [6, 6.07) is 0.378. The van der Waals surface area contributed by atoms with E-state index in [9.17, 15) is 0 Å². The zero-order chi connectivity index (χ0) is 10.6. The van der Waals surface area contributed by atoms with Crippen molar-refractivity contribution in [3.63, 3.8) is 0 Å². The Morgan fingerprint density at radius 1 is 1.36 bits per heavy atom. The maximum Gasteiger partial charge on any atom is 0.00740 e. The molecule has 1 saturated carbocycles. The van der Waals surface area contributed by atoms with Gasteiger partial charge in [0.1, 0.15) is 0 Å². The standard InChI is InChI=1S/C12H26N2/c1-4-14(9-11-5-6-11)8-7-12(13)10(2)3/h10-12H,4-9,13H2,1-3H3. The van der Waals surface area contributed by atoms with Crippen molar-refractivity contribution in [2.24, 2.45) is 17.6 Å². The van der Waals surface area contributed by atoms with Crippen LogP contribution in [0.5, 0.6) is 0 Å². The van der Waals surface area contributed by atoms with E-state index in [1.807, 2.05) is 0 Å². The molecule has 0 bridgehead atoms. The molecule has 2 nitrogen and oxygen atoms in total. The van der Waals surface area contributed by atoms with E-state index in [0.717, 1.165) is 12.3 Å². The molecule has 1 fully saturated rings. The Kier molecular flexibility index (Phi) is 4.90. The molecule has 1 aliphatic rings. The molecule has 0 radical (unpaired) electrons. The summed E-state index contributed by atoms with van der Waals surface area (Å²) in [7, 11) is 0. The number of hydrogen-bond donors (Lipinski definition) is 1. The van der Waals surface area contributed by atoms with Crippen LogP contribution in [0.15, 0.2) is 0 Å². The van der Waals surface area contributed by atoms with Crippen molar-refractivity contribution in [1.29, 1.82) is 0 Å². The van der Waals surface area contributed by atoms with Crippen molar-refractivity contribution >= 4 is 0 Å². The largest absolute Gasteiger partial charge is 0.327 e. The van der Waals surface area contributed by atoms with Gasteiger partial charge >= 0.3 is 0 Å². The summed E-state index contributed by atoms with van der Waals surface area (Å²) in [4.78, 5) is 2.56. The van der Waals surface area contributed by atoms with Crippen LogP contribution >= 0.6 is 0 Å². The molecule has 0 aliphatic heterocycles. The van der Waals surface area contributed by atoms with Gasteiger partial charge in [-0.2, -0.15) is 0 Å². The predicted molar refractivity (Wildman–Crippen MR) is 62.3 cm³/mol. The van der Waals surface area contributed by atoms with E-state index >= 15 is 0 Å². The van der Waals surface area contributed by atoms with Crippen LogP contribution in [0.3, 0.4) is 0 Å². The van der Waals surface area contributed by atoms with Crippen LogP contribution in [-0.4, -0.2) is 30.6 Å². The van der Waals surface area contributed by atoms with Crippen molar-refractivity contribution in [3.8, 4) is 0 Å². The van der Waals surface area contributed by atoms with Crippen LogP contribution in [0.1, 0.15) is 40.0 Å². The summed E-state index contributed by atoms with van der Waals surface area (Å²) in [6.07, 6.45) is 4.05. The Morgan fingerprint density at radius 3 is 2.43 bits per heavy atom. The third-order valence-corrected chi connectivity index (χ3v) is 3.30. The van der Waals surface area contributed by atoms with E-state index in [1.54, 1.807) is 0 Å². The second kappa shape index (κ2) is 5.72. The maximum atomic E-state index is 6.04. The highest BCUT2D eigenvalue weighted by Crippen LogP contribution is 2.29. The fourth-order valence-electron chi connectivity index (χ4n) is 1.71. The Bertz CT molecular complexity index is 152. The van der Waals surface area contributed by atoms with Crippen LogP contribution in [0.25, 0.3) is 0 Å². The number of nitrogens with zero attached hydrogens (tertiary/aromatic N) is 1. The van der Waals surface area contributed by atoms with E-state index in [-0.39, 0.29) is 0 Å². The fourth-order valence-corrected chi connectivity index (χ4v) is 1.71. The SMILES string of the molecule is CCN(CCC(N)C(C)C)CC1CC1. The topological polar surface area (TPSA) is 29.3 Å². The van der Waals surface area contributed by atoms with Crippen LogP contribution in [0.4, 0.5) is 0 Å². The smallest absolute Gasteiger partial charge is 0.00740 e. The summed E-state index contributed by atoms with van der Waals surface area (Å²) in [5.74, 6) is 1.62. The van der Waals surface area contributed by atoms with Crippen molar-refractivity contribution in [2.45, 2.75) is 46.1 Å². The summed E-state index contributed by atoms with van der Waals surface area (Å²) < 4.78 is 0. The molecule has 0 aromatic heterocycles. The summed E-state index contributed by atoms with van der Waals surface area (Å²) >= 11 is 0. The first kappa shape index (κ1) is 12.0. The molecular formula is C12H26N2. The van der Waals surface area contributed by atoms with Crippen LogP contribution in [0.2, 0.25) is 0 Å². The van der Waals surface area contributed by atoms with Gasteiger partial charge in [-0.15, -0.1) is 0 Å². The molecule has 0 aromatic rings. The summed E-state index contributed by atoms with van der Waals surface area (Å²) in [6.45, 7) is 10.3. The van der Waals surface area contributed by atoms with E-state index in [0.29, 0.717) is 12.0 Å². The number of nitrogens with two attached hydrogens (primary N) is 1. The lowest BCUT2D eigenvalue weighted by atomic mass is 10.0. The zero-order valence-corrected chi connectivity index (χ0v) is 10.00. The lowest BCUT2D eigenvalue weighted by molar-refractivity contribution is 0.256. The molecule has 1 aliphatic carbocycles. The quantitative estimate of drug-likeness (QED) is 0.679. The zero-order valence-electron chi connectivity index (χ0n) is 10.00. The van der Waals surface area contributed by atoms with Gasteiger partial charge < -0.3 is 10.6 Å². The van der Waals surface area contributed by atoms with Gasteiger partial charge in [-0.05, 0) is 44.2 Å². The lowest BCUT2D eigenvalue weighted by Crippen LogP contribution is -2.34. The van der Waals surface area contributed by atoms with Crippen LogP contribution in [-0.2, 0) is 0 Å². The second-order valence-electron chi connectivity index (χ2n) is 5.03. The summed E-state index contributed by atoms with van der Waals surface area (Å²) in [5.41, 5.74) is 6.04. The Labute approximate surface area is 88.8 Å². The second-order valence-corrected chi connectivity index (χ2v) is 5.03. The van der Waals surface area contributed by atoms with Gasteiger partial charge in [-0.3, -0.25) is 0 Å². The minimum atomic E-state index is 0.378. The van der Waals surface area contributed by atoms with Crippen LogP contribution in [0, 0.1) is 11.8 Å². The van der Waals surface area contributed by atoms with Gasteiger partial charge in [0.05, 0.1) is 0 Å². The summed E-state index contributed by atoms with van der Waals surface area (Å²) in [5, 5.41) is 0. The fraction of sp³-hybridized carbons (Fsp3) is 1.00. The maximum absolute atomic E-state index is 6.04. The number of hydrogen-bond acceptors (Lipinski definition) is 2. The molecule has 0 saturated heterocycles. The first-order chi connectivity index (χ1) is 6.63. The monoisotopic (exact) mass is 198 g/mol. The molecule has 1 rings (SSSR count). The average molecular weight is 198 g/mol. The van der Waals surface area contributed by atoms with Gasteiger partial charge in [0.15, 0.2) is 0 Å². The van der Waals surface area contributed by atoms with E-state index in [4.69, 9.17) is 5.73 Å². The first-order valence-electron chi connectivity index (χ1n) is 6.11. The molecule has 14 heavy (non-hydrogen) atoms. The highest BCUT2D eigenvalue weighted by Gasteiger charge is 2.23. The van der Waals surface area contributed by atoms with Crippen LogP contribution < -0.4 is 5.73 Å². The third kappa shape index (κ3) is 4.43. The minimum absolute atomic E-state index is 0.378.